The van der Waals surface area contributed by atoms with Crippen LogP contribution in [0.5, 0.6) is 0 Å². The molecule has 0 aliphatic rings. The van der Waals surface area contributed by atoms with Crippen LogP contribution in [-0.4, -0.2) is 37.8 Å². The van der Waals surface area contributed by atoms with Crippen LogP contribution in [0.15, 0.2) is 0 Å². The maximum absolute atomic E-state index is 5.96. The number of unbranched alkanes of at least 4 members (excludes halogenated alkanes) is 5. The average Bonchev–Trinajstić information content (AvgIpc) is 2.50. The second kappa shape index (κ2) is 14.8. The molecule has 0 saturated heterocycles. The molecule has 0 aromatic rings. The normalized spacial score (nSPS) is 13.5. The van der Waals surface area contributed by atoms with Gasteiger partial charge in [-0.1, -0.05) is 45.4 Å². The van der Waals surface area contributed by atoms with E-state index in [9.17, 15) is 0 Å². The molecule has 0 spiro atoms. The minimum absolute atomic E-state index is 0.286. The van der Waals surface area contributed by atoms with Crippen LogP contribution < -0.4 is 0 Å². The van der Waals surface area contributed by atoms with E-state index in [1.54, 1.807) is 0 Å². The largest absolute Gasteiger partial charge is 0.328 e. The first-order chi connectivity index (χ1) is 10.7. The van der Waals surface area contributed by atoms with Crippen LogP contribution in [0.1, 0.15) is 72.6 Å². The third kappa shape index (κ3) is 8.76. The molecule has 0 amide bonds. The van der Waals surface area contributed by atoms with E-state index in [1.807, 2.05) is 32.5 Å². The Morgan fingerprint density at radius 3 is 1.73 bits per heavy atom. The molecule has 0 fully saturated rings. The van der Waals surface area contributed by atoms with E-state index in [1.165, 1.54) is 38.5 Å². The molecular weight excluding hydrogens is 296 g/mol. The smallest absolute Gasteiger partial charge is 0.286 e. The van der Waals surface area contributed by atoms with Crippen LogP contribution in [0.4, 0.5) is 0 Å². The maximum Gasteiger partial charge on any atom is 0.286 e. The van der Waals surface area contributed by atoms with E-state index in [-0.39, 0.29) is 5.92 Å². The summed E-state index contributed by atoms with van der Waals surface area (Å²) < 4.78 is 17.9. The summed E-state index contributed by atoms with van der Waals surface area (Å²) in [5.74, 6) is 0.438. The van der Waals surface area contributed by atoms with Gasteiger partial charge in [-0.15, -0.1) is 0 Å². The number of rotatable bonds is 16. The van der Waals surface area contributed by atoms with E-state index >= 15 is 0 Å². The van der Waals surface area contributed by atoms with Gasteiger partial charge in [0, 0.05) is 31.5 Å². The number of hydrogen-bond donors (Lipinski definition) is 0. The molecule has 0 aromatic carbocycles. The lowest BCUT2D eigenvalue weighted by molar-refractivity contribution is -0.399. The lowest BCUT2D eigenvalue weighted by Crippen LogP contribution is -2.47. The monoisotopic (exact) mass is 334 g/mol. The Hall–Kier alpha value is 0.230. The van der Waals surface area contributed by atoms with Crippen molar-refractivity contribution in [2.45, 2.75) is 78.6 Å². The number of ether oxygens (including phenoxy) is 3. The van der Waals surface area contributed by atoms with Crippen molar-refractivity contribution in [3.05, 3.63) is 0 Å². The van der Waals surface area contributed by atoms with Crippen molar-refractivity contribution in [1.82, 2.24) is 0 Å². The second-order valence-corrected chi connectivity index (χ2v) is 6.52. The minimum Gasteiger partial charge on any atom is -0.328 e. The molecule has 0 aromatic heterocycles. The Balaban J connectivity index is 4.58. The van der Waals surface area contributed by atoms with Gasteiger partial charge >= 0.3 is 0 Å². The van der Waals surface area contributed by atoms with Gasteiger partial charge in [-0.05, 0) is 33.4 Å². The van der Waals surface area contributed by atoms with Crippen LogP contribution in [-0.2, 0) is 14.2 Å². The molecule has 134 valence electrons. The Morgan fingerprint density at radius 2 is 1.27 bits per heavy atom. The molecule has 0 aliphatic carbocycles. The first kappa shape index (κ1) is 22.2. The molecule has 22 heavy (non-hydrogen) atoms. The second-order valence-electron chi connectivity index (χ2n) is 5.61. The third-order valence-electron chi connectivity index (χ3n) is 3.81. The first-order valence-corrected chi connectivity index (χ1v) is 10.5. The number of hydrogen-bond acceptors (Lipinski definition) is 4. The Kier molecular flexibility index (Phi) is 15.0. The van der Waals surface area contributed by atoms with E-state index in [0.29, 0.717) is 19.8 Å². The number of thioether (sulfide) groups is 1. The van der Waals surface area contributed by atoms with Crippen LogP contribution in [0.2, 0.25) is 0 Å². The molecule has 0 heterocycles. The fraction of sp³-hybridized carbons (Fsp3) is 1.00. The predicted molar refractivity (Wildman–Crippen MR) is 97.5 cm³/mol. The zero-order valence-electron chi connectivity index (χ0n) is 15.5. The van der Waals surface area contributed by atoms with Crippen LogP contribution in [0.3, 0.4) is 0 Å². The van der Waals surface area contributed by atoms with Crippen molar-refractivity contribution in [1.29, 1.82) is 0 Å². The highest BCUT2D eigenvalue weighted by molar-refractivity contribution is 7.98. The van der Waals surface area contributed by atoms with Crippen LogP contribution >= 0.6 is 11.8 Å². The molecule has 0 rings (SSSR count). The molecule has 1 unspecified atom stereocenters. The molecule has 0 bridgehead atoms. The quantitative estimate of drug-likeness (QED) is 0.276. The Labute approximate surface area is 142 Å². The topological polar surface area (TPSA) is 27.7 Å². The zero-order valence-corrected chi connectivity index (χ0v) is 16.3. The maximum atomic E-state index is 5.96. The Morgan fingerprint density at radius 1 is 0.773 bits per heavy atom. The fourth-order valence-corrected chi connectivity index (χ4v) is 3.59. The Bertz CT molecular complexity index is 219. The molecule has 0 radical (unpaired) electrons. The van der Waals surface area contributed by atoms with Crippen LogP contribution in [0.25, 0.3) is 0 Å². The van der Waals surface area contributed by atoms with Gasteiger partial charge < -0.3 is 14.2 Å². The molecule has 0 aliphatic heterocycles. The summed E-state index contributed by atoms with van der Waals surface area (Å²) >= 11 is 1.85. The van der Waals surface area contributed by atoms with Crippen molar-refractivity contribution in [2.75, 3.05) is 31.8 Å². The fourth-order valence-electron chi connectivity index (χ4n) is 2.82. The summed E-state index contributed by atoms with van der Waals surface area (Å²) in [5.41, 5.74) is 0. The standard InChI is InChI=1S/C18H38O3S/c1-6-10-11-12-13-14-15-17(16-22-5)18(19-7-2,20-8-3)21-9-4/h17H,6-16H2,1-5H3. The highest BCUT2D eigenvalue weighted by Crippen LogP contribution is 2.32. The van der Waals surface area contributed by atoms with Crippen molar-refractivity contribution >= 4 is 11.8 Å². The summed E-state index contributed by atoms with van der Waals surface area (Å²) in [6.07, 6.45) is 11.1. The summed E-state index contributed by atoms with van der Waals surface area (Å²) in [5, 5.41) is 0. The van der Waals surface area contributed by atoms with Gasteiger partial charge in [0.2, 0.25) is 0 Å². The minimum atomic E-state index is -0.856. The molecule has 0 N–H and O–H groups in total. The lowest BCUT2D eigenvalue weighted by Gasteiger charge is -2.39. The van der Waals surface area contributed by atoms with E-state index in [4.69, 9.17) is 14.2 Å². The van der Waals surface area contributed by atoms with Gasteiger partial charge in [-0.2, -0.15) is 11.8 Å². The zero-order chi connectivity index (χ0) is 16.7. The predicted octanol–water partition coefficient (Wildman–Crippen LogP) is 5.48. The van der Waals surface area contributed by atoms with Gasteiger partial charge in [0.25, 0.3) is 5.97 Å². The molecule has 0 saturated carbocycles. The van der Waals surface area contributed by atoms with E-state index in [0.717, 1.165) is 12.2 Å². The first-order valence-electron chi connectivity index (χ1n) is 9.11. The van der Waals surface area contributed by atoms with Gasteiger partial charge in [0.15, 0.2) is 0 Å². The molecule has 1 atom stereocenters. The molecular formula is C18H38O3S. The molecule has 4 heteroatoms. The molecule has 3 nitrogen and oxygen atoms in total. The van der Waals surface area contributed by atoms with Gasteiger partial charge in [-0.3, -0.25) is 0 Å². The van der Waals surface area contributed by atoms with Gasteiger partial charge in [0.05, 0.1) is 0 Å². The van der Waals surface area contributed by atoms with Crippen molar-refractivity contribution in [3.63, 3.8) is 0 Å². The third-order valence-corrected chi connectivity index (χ3v) is 4.55. The van der Waals surface area contributed by atoms with Gasteiger partial charge in [-0.25, -0.2) is 0 Å². The highest BCUT2D eigenvalue weighted by Gasteiger charge is 2.41. The SMILES string of the molecule is CCCCCCCCC(CSC)C(OCC)(OCC)OCC. The lowest BCUT2D eigenvalue weighted by atomic mass is 9.99. The van der Waals surface area contributed by atoms with Crippen molar-refractivity contribution < 1.29 is 14.2 Å². The average molecular weight is 335 g/mol. The van der Waals surface area contributed by atoms with Crippen molar-refractivity contribution in [3.8, 4) is 0 Å². The van der Waals surface area contributed by atoms with Crippen molar-refractivity contribution in [2.24, 2.45) is 5.92 Å². The summed E-state index contributed by atoms with van der Waals surface area (Å²) in [6, 6.07) is 0. The summed E-state index contributed by atoms with van der Waals surface area (Å²) in [4.78, 5) is 0. The summed E-state index contributed by atoms with van der Waals surface area (Å²) in [7, 11) is 0. The van der Waals surface area contributed by atoms with Gasteiger partial charge in [0.1, 0.15) is 0 Å². The van der Waals surface area contributed by atoms with E-state index in [2.05, 4.69) is 13.2 Å². The van der Waals surface area contributed by atoms with E-state index < -0.39 is 5.97 Å². The highest BCUT2D eigenvalue weighted by atomic mass is 32.2. The summed E-state index contributed by atoms with van der Waals surface area (Å²) in [6.45, 7) is 10.1. The van der Waals surface area contributed by atoms with Crippen LogP contribution in [0, 0.1) is 5.92 Å².